The first-order chi connectivity index (χ1) is 33.2. The lowest BCUT2D eigenvalue weighted by Crippen LogP contribution is -2.58. The Labute approximate surface area is 407 Å². The molecule has 3 fully saturated rings. The molecule has 3 aromatic carbocycles. The molecule has 1 aromatic heterocycles. The molecular weight excluding hydrogens is 948 g/mol. The van der Waals surface area contributed by atoms with Gasteiger partial charge < -0.3 is 39.3 Å². The van der Waals surface area contributed by atoms with Gasteiger partial charge in [0.25, 0.3) is 11.8 Å². The fourth-order valence-corrected chi connectivity index (χ4v) is 10.7. The normalized spacial score (nSPS) is 21.3. The van der Waals surface area contributed by atoms with E-state index in [1.807, 2.05) is 36.4 Å². The second-order valence-electron chi connectivity index (χ2n) is 19.0. The summed E-state index contributed by atoms with van der Waals surface area (Å²) in [7, 11) is -5.84. The summed E-state index contributed by atoms with van der Waals surface area (Å²) in [5, 5.41) is 5.32. The number of hydrogen-bond acceptors (Lipinski definition) is 10. The van der Waals surface area contributed by atoms with Crippen molar-refractivity contribution >= 4 is 64.5 Å². The van der Waals surface area contributed by atoms with Crippen molar-refractivity contribution in [2.45, 2.75) is 102 Å². The van der Waals surface area contributed by atoms with E-state index in [0.29, 0.717) is 48.2 Å². The molecular formula is C50H54F2N5O11PS. The summed E-state index contributed by atoms with van der Waals surface area (Å²) >= 11 is 0.965. The van der Waals surface area contributed by atoms with E-state index in [-0.39, 0.29) is 79.6 Å². The zero-order chi connectivity index (χ0) is 50.1. The number of benzene rings is 3. The Hall–Kier alpha value is -5.87. The van der Waals surface area contributed by atoms with Crippen LogP contribution in [-0.2, 0) is 45.4 Å². The van der Waals surface area contributed by atoms with E-state index in [4.69, 9.17) is 9.47 Å². The van der Waals surface area contributed by atoms with E-state index < -0.39 is 66.2 Å². The Morgan fingerprint density at radius 1 is 1.01 bits per heavy atom. The van der Waals surface area contributed by atoms with Crippen LogP contribution in [0.3, 0.4) is 0 Å². The van der Waals surface area contributed by atoms with Gasteiger partial charge in [0.1, 0.15) is 24.2 Å². The van der Waals surface area contributed by atoms with Crippen LogP contribution in [0.5, 0.6) is 0 Å². The molecule has 0 saturated carbocycles. The number of hydrogen-bond donors (Lipinski definition) is 4. The summed E-state index contributed by atoms with van der Waals surface area (Å²) in [6, 6.07) is 16.4. The molecule has 8 rings (SSSR count). The van der Waals surface area contributed by atoms with Crippen LogP contribution in [0.4, 0.5) is 8.78 Å². The highest BCUT2D eigenvalue weighted by Gasteiger charge is 2.51. The predicted octanol–water partition coefficient (Wildman–Crippen LogP) is 5.84. The summed E-state index contributed by atoms with van der Waals surface area (Å²) in [6.07, 6.45) is 1.52. The number of ether oxygens (including phenoxy) is 2. The van der Waals surface area contributed by atoms with Crippen molar-refractivity contribution in [1.82, 2.24) is 25.3 Å². The van der Waals surface area contributed by atoms with Crippen molar-refractivity contribution in [3.8, 4) is 11.8 Å². The van der Waals surface area contributed by atoms with E-state index >= 15 is 0 Å². The molecule has 1 unspecified atom stereocenters. The number of nitrogens with one attached hydrogen (secondary N) is 2. The Balaban J connectivity index is 0.934. The van der Waals surface area contributed by atoms with Gasteiger partial charge in [-0.1, -0.05) is 75.1 Å². The number of unbranched alkanes of at least 4 members (excludes halogenated alkanes) is 2. The SMILES string of the molecule is CC(C)(C)[C@H](NC(=O)c1cc2cc(C(F)(F)P(=O)(O)O)ccc2s1)C(=O)N1C[C@@H](OCCCCC#Cc2cccc3c2CN(C2CCC(=O)NC2=O)C3=O)C[C@H]1C(=O)N1CCO[C@H](c2ccccc2)C1. The second kappa shape index (κ2) is 20.5. The first-order valence-electron chi connectivity index (χ1n) is 23.1. The molecule has 0 bridgehead atoms. The van der Waals surface area contributed by atoms with Crippen LogP contribution in [-0.4, -0.2) is 117 Å². The highest BCUT2D eigenvalue weighted by molar-refractivity contribution is 7.52. The fraction of sp³-hybridized carbons (Fsp3) is 0.440. The smallest absolute Gasteiger partial charge is 0.376 e. The third-order valence-electron chi connectivity index (χ3n) is 13.1. The van der Waals surface area contributed by atoms with E-state index in [2.05, 4.69) is 22.5 Å². The van der Waals surface area contributed by atoms with Crippen LogP contribution >= 0.6 is 18.9 Å². The molecule has 0 spiro atoms. The van der Waals surface area contributed by atoms with Crippen LogP contribution < -0.4 is 10.6 Å². The number of nitrogens with zero attached hydrogens (tertiary/aromatic N) is 3. The minimum atomic E-state index is -5.84. The molecule has 16 nitrogen and oxygen atoms in total. The molecule has 370 valence electrons. The van der Waals surface area contributed by atoms with Crippen LogP contribution in [0, 0.1) is 17.3 Å². The van der Waals surface area contributed by atoms with E-state index in [0.717, 1.165) is 34.6 Å². The van der Waals surface area contributed by atoms with Gasteiger partial charge in [-0.2, -0.15) is 8.78 Å². The lowest BCUT2D eigenvalue weighted by Gasteiger charge is -2.38. The molecule has 20 heteroatoms. The molecule has 4 aliphatic heterocycles. The van der Waals surface area contributed by atoms with Crippen molar-refractivity contribution in [2.24, 2.45) is 5.41 Å². The van der Waals surface area contributed by atoms with Crippen molar-refractivity contribution < 1.29 is 61.4 Å². The topological polar surface area (TPSA) is 212 Å². The molecule has 5 heterocycles. The average Bonchev–Trinajstić information content (AvgIpc) is 4.05. The summed E-state index contributed by atoms with van der Waals surface area (Å²) in [5.74, 6) is 3.81. The highest BCUT2D eigenvalue weighted by Crippen LogP contribution is 2.59. The lowest BCUT2D eigenvalue weighted by atomic mass is 9.85. The molecule has 70 heavy (non-hydrogen) atoms. The maximum Gasteiger partial charge on any atom is 0.399 e. The molecule has 4 N–H and O–H groups in total. The van der Waals surface area contributed by atoms with Crippen LogP contribution in [0.1, 0.15) is 108 Å². The molecule has 0 aliphatic carbocycles. The lowest BCUT2D eigenvalue weighted by molar-refractivity contribution is -0.150. The number of fused-ring (bicyclic) bond motifs is 2. The van der Waals surface area contributed by atoms with Crippen molar-refractivity contribution in [2.75, 3.05) is 32.8 Å². The van der Waals surface area contributed by atoms with Crippen molar-refractivity contribution in [3.05, 3.63) is 105 Å². The summed E-state index contributed by atoms with van der Waals surface area (Å²) in [5.41, 5.74) is -3.40. The predicted molar refractivity (Wildman–Crippen MR) is 253 cm³/mol. The number of likely N-dealkylation sites (tertiary alicyclic amines) is 1. The maximum absolute atomic E-state index is 14.8. The van der Waals surface area contributed by atoms with Gasteiger partial charge in [0.2, 0.25) is 23.6 Å². The van der Waals surface area contributed by atoms with Gasteiger partial charge in [-0.05, 0) is 71.5 Å². The quantitative estimate of drug-likeness (QED) is 0.0541. The van der Waals surface area contributed by atoms with Gasteiger partial charge in [0, 0.05) is 66.9 Å². The van der Waals surface area contributed by atoms with Crippen molar-refractivity contribution in [3.63, 3.8) is 0 Å². The van der Waals surface area contributed by atoms with E-state index in [1.54, 1.807) is 37.8 Å². The van der Waals surface area contributed by atoms with Crippen LogP contribution in [0.15, 0.2) is 72.8 Å². The minimum absolute atomic E-state index is 0.0665. The molecule has 4 aromatic rings. The highest BCUT2D eigenvalue weighted by atomic mass is 32.1. The first kappa shape index (κ1) is 50.5. The number of rotatable bonds is 13. The number of morpholine rings is 1. The molecule has 3 saturated heterocycles. The Morgan fingerprint density at radius 2 is 1.79 bits per heavy atom. The maximum atomic E-state index is 14.8. The average molecular weight is 1000 g/mol. The van der Waals surface area contributed by atoms with E-state index in [1.165, 1.54) is 21.9 Å². The molecule has 5 atom stereocenters. The number of alkyl halides is 2. The third kappa shape index (κ3) is 10.7. The van der Waals surface area contributed by atoms with Gasteiger partial charge in [-0.15, -0.1) is 11.3 Å². The summed E-state index contributed by atoms with van der Waals surface area (Å²) < 4.78 is 53.5. The van der Waals surface area contributed by atoms with Crippen LogP contribution in [0.2, 0.25) is 0 Å². The molecule has 6 amide bonds. The van der Waals surface area contributed by atoms with E-state index in [9.17, 15) is 51.9 Å². The van der Waals surface area contributed by atoms with Gasteiger partial charge in [0.05, 0.1) is 24.1 Å². The number of halogens is 2. The second-order valence-corrected chi connectivity index (χ2v) is 21.7. The fourth-order valence-electron chi connectivity index (χ4n) is 9.28. The zero-order valence-corrected chi connectivity index (χ0v) is 40.5. The first-order valence-corrected chi connectivity index (χ1v) is 25.6. The summed E-state index contributed by atoms with van der Waals surface area (Å²) in [6.45, 7) is 6.77. The number of amides is 6. The third-order valence-corrected chi connectivity index (χ3v) is 15.2. The van der Waals surface area contributed by atoms with Gasteiger partial charge in [0.15, 0.2) is 0 Å². The zero-order valence-electron chi connectivity index (χ0n) is 38.8. The van der Waals surface area contributed by atoms with Gasteiger partial charge in [-0.3, -0.25) is 38.6 Å². The number of piperidine rings is 1. The minimum Gasteiger partial charge on any atom is -0.376 e. The Morgan fingerprint density at radius 3 is 2.51 bits per heavy atom. The monoisotopic (exact) mass is 1000 g/mol. The molecule has 4 aliphatic rings. The summed E-state index contributed by atoms with van der Waals surface area (Å²) in [4.78, 5) is 104. The Bertz CT molecular complexity index is 2820. The number of thiophene rings is 1. The van der Waals surface area contributed by atoms with Crippen molar-refractivity contribution in [1.29, 1.82) is 0 Å². The standard InChI is InChI=1S/C50H54F2N5O11PS/c1-49(2,3)43(54-45(60)41-25-32-24-33(17-19-40(32)70-41)50(51,52)69(64,65)66)48(63)56-27-34(26-38(56)47(62)55-21-23-68-39(29-55)31-13-8-6-9-14-31)67-22-10-5-4-7-12-30-15-11-16-35-36(30)28-57(46(35)61)37-18-20-42(58)53-44(37)59/h6,8-9,11,13-17,19,24-25,34,37-39,43H,4-5,10,18,20-23,26-29H2,1-3H3,(H,54,60)(H,53,58,59)(H2,64,65,66)/t34-,37?,38-,39-,43+/m0/s1. The number of carbonyl (C=O) groups excluding carboxylic acids is 6. The van der Waals surface area contributed by atoms with Gasteiger partial charge >= 0.3 is 13.3 Å². The molecule has 0 radical (unpaired) electrons. The number of carbonyl (C=O) groups is 6. The van der Waals surface area contributed by atoms with Crippen LogP contribution in [0.25, 0.3) is 10.1 Å². The number of imide groups is 1. The Kier molecular flexibility index (Phi) is 14.8. The largest absolute Gasteiger partial charge is 0.399 e. The van der Waals surface area contributed by atoms with Gasteiger partial charge in [-0.25, -0.2) is 0 Å².